The zero-order chi connectivity index (χ0) is 17.5. The van der Waals surface area contributed by atoms with Gasteiger partial charge >= 0.3 is 0 Å². The van der Waals surface area contributed by atoms with Crippen molar-refractivity contribution >= 4 is 23.1 Å². The van der Waals surface area contributed by atoms with Gasteiger partial charge in [-0.05, 0) is 35.0 Å². The summed E-state index contributed by atoms with van der Waals surface area (Å²) >= 11 is 0. The van der Waals surface area contributed by atoms with Gasteiger partial charge in [0.15, 0.2) is 0 Å². The van der Waals surface area contributed by atoms with Crippen LogP contribution in [0.4, 0.5) is 0 Å². The summed E-state index contributed by atoms with van der Waals surface area (Å²) in [6.07, 6.45) is 0. The number of hydrogen-bond donors (Lipinski definition) is 2. The first-order valence-electron chi connectivity index (χ1n) is 7.94. The monoisotopic (exact) mass is 334 g/mol. The van der Waals surface area contributed by atoms with E-state index in [1.807, 2.05) is 42.5 Å². The van der Waals surface area contributed by atoms with Crippen molar-refractivity contribution in [2.75, 3.05) is 13.1 Å². The zero-order valence-electron chi connectivity index (χ0n) is 13.6. The number of rotatable bonds is 3. The first-order chi connectivity index (χ1) is 12.3. The van der Waals surface area contributed by atoms with Gasteiger partial charge in [0.2, 0.25) is 0 Å². The van der Waals surface area contributed by atoms with Crippen molar-refractivity contribution in [3.05, 3.63) is 72.3 Å². The average molecular weight is 334 g/mol. The fraction of sp³-hybridized carbons (Fsp3) is 0.100. The van der Waals surface area contributed by atoms with Crippen LogP contribution in [0.15, 0.2) is 71.7 Å². The van der Waals surface area contributed by atoms with Crippen LogP contribution in [0.25, 0.3) is 10.8 Å². The Hall–Kier alpha value is -3.34. The predicted octanol–water partition coefficient (Wildman–Crippen LogP) is 3.68. The molecule has 1 heterocycles. The minimum atomic E-state index is -0.250. The number of nitrogens with one attached hydrogen (secondary N) is 1. The van der Waals surface area contributed by atoms with Crippen molar-refractivity contribution < 1.29 is 14.6 Å². The van der Waals surface area contributed by atoms with Gasteiger partial charge in [-0.1, -0.05) is 42.5 Å². The third-order valence-corrected chi connectivity index (χ3v) is 3.77. The molecule has 0 saturated heterocycles. The van der Waals surface area contributed by atoms with E-state index in [0.717, 1.165) is 36.0 Å². The Bertz CT molecular complexity index is 906. The van der Waals surface area contributed by atoms with Gasteiger partial charge in [0.25, 0.3) is 6.47 Å². The van der Waals surface area contributed by atoms with E-state index in [1.54, 1.807) is 0 Å². The minimum Gasteiger partial charge on any atom is -0.483 e. The second-order valence-electron chi connectivity index (χ2n) is 5.37. The lowest BCUT2D eigenvalue weighted by atomic mass is 10.1. The molecule has 0 radical (unpaired) electrons. The molecule has 0 fully saturated rings. The SMILES string of the molecule is O=CO.c1ccc(C2=NCCN2)c(Oc2ccc3ccccc3c2)c1. The Kier molecular flexibility index (Phi) is 5.26. The topological polar surface area (TPSA) is 70.9 Å². The van der Waals surface area contributed by atoms with E-state index in [2.05, 4.69) is 34.6 Å². The fourth-order valence-electron chi connectivity index (χ4n) is 2.69. The number of para-hydroxylation sites is 1. The van der Waals surface area contributed by atoms with Gasteiger partial charge in [0, 0.05) is 6.54 Å². The first kappa shape index (κ1) is 16.5. The lowest BCUT2D eigenvalue weighted by Gasteiger charge is -2.12. The van der Waals surface area contributed by atoms with Gasteiger partial charge in [-0.2, -0.15) is 0 Å². The Labute approximate surface area is 145 Å². The van der Waals surface area contributed by atoms with Crippen LogP contribution in [0.3, 0.4) is 0 Å². The fourth-order valence-corrected chi connectivity index (χ4v) is 2.69. The number of carbonyl (C=O) groups is 1. The molecule has 0 bridgehead atoms. The number of aliphatic imine (C=N–C) groups is 1. The predicted molar refractivity (Wildman–Crippen MR) is 98.6 cm³/mol. The molecule has 4 rings (SSSR count). The van der Waals surface area contributed by atoms with Gasteiger partial charge in [-0.25, -0.2) is 0 Å². The maximum Gasteiger partial charge on any atom is 0.290 e. The second kappa shape index (κ2) is 7.97. The number of fused-ring (bicyclic) bond motifs is 1. The highest BCUT2D eigenvalue weighted by Crippen LogP contribution is 2.28. The smallest absolute Gasteiger partial charge is 0.290 e. The third-order valence-electron chi connectivity index (χ3n) is 3.77. The van der Waals surface area contributed by atoms with E-state index >= 15 is 0 Å². The van der Waals surface area contributed by atoms with Crippen LogP contribution in [0.1, 0.15) is 5.56 Å². The highest BCUT2D eigenvalue weighted by atomic mass is 16.5. The van der Waals surface area contributed by atoms with Gasteiger partial charge in [0.1, 0.15) is 17.3 Å². The average Bonchev–Trinajstić information content (AvgIpc) is 3.17. The number of hydrogen-bond acceptors (Lipinski definition) is 4. The number of nitrogens with zero attached hydrogens (tertiary/aromatic N) is 1. The Morgan fingerprint density at radius 3 is 2.48 bits per heavy atom. The molecule has 0 aliphatic carbocycles. The molecule has 5 heteroatoms. The van der Waals surface area contributed by atoms with Crippen LogP contribution >= 0.6 is 0 Å². The van der Waals surface area contributed by atoms with Crippen LogP contribution in [0, 0.1) is 0 Å². The van der Waals surface area contributed by atoms with Crippen molar-refractivity contribution in [1.82, 2.24) is 5.32 Å². The van der Waals surface area contributed by atoms with E-state index in [4.69, 9.17) is 14.6 Å². The first-order valence-corrected chi connectivity index (χ1v) is 7.94. The number of ether oxygens (including phenoxy) is 1. The molecule has 25 heavy (non-hydrogen) atoms. The maximum atomic E-state index is 8.36. The Morgan fingerprint density at radius 2 is 1.72 bits per heavy atom. The maximum absolute atomic E-state index is 8.36. The molecule has 3 aromatic carbocycles. The second-order valence-corrected chi connectivity index (χ2v) is 5.37. The standard InChI is InChI=1S/C19H16N2O.CH2O2/c1-2-6-15-13-16(10-9-14(15)5-1)22-18-8-4-3-7-17(18)19-20-11-12-21-19;2-1-3/h1-10,13H,11-12H2,(H,20,21);1H,(H,2,3). The summed E-state index contributed by atoms with van der Waals surface area (Å²) < 4.78 is 6.11. The van der Waals surface area contributed by atoms with Crippen LogP contribution in [0.2, 0.25) is 0 Å². The van der Waals surface area contributed by atoms with E-state index in [1.165, 1.54) is 10.8 Å². The third kappa shape index (κ3) is 3.95. The van der Waals surface area contributed by atoms with Gasteiger partial charge in [0.05, 0.1) is 12.1 Å². The summed E-state index contributed by atoms with van der Waals surface area (Å²) in [5, 5.41) is 12.6. The van der Waals surface area contributed by atoms with Crippen molar-refractivity contribution in [3.8, 4) is 11.5 Å². The molecule has 0 saturated carbocycles. The summed E-state index contributed by atoms with van der Waals surface area (Å²) in [6, 6.07) is 22.4. The van der Waals surface area contributed by atoms with E-state index < -0.39 is 0 Å². The number of amidine groups is 1. The molecule has 1 aliphatic rings. The van der Waals surface area contributed by atoms with E-state index in [9.17, 15) is 0 Å². The van der Waals surface area contributed by atoms with E-state index in [0.29, 0.717) is 0 Å². The van der Waals surface area contributed by atoms with Gasteiger partial charge in [-0.3, -0.25) is 9.79 Å². The molecule has 1 aliphatic heterocycles. The molecular weight excluding hydrogens is 316 g/mol. The highest BCUT2D eigenvalue weighted by molar-refractivity contribution is 6.02. The summed E-state index contributed by atoms with van der Waals surface area (Å²) in [7, 11) is 0. The quantitative estimate of drug-likeness (QED) is 0.717. The Balaban J connectivity index is 0.000000569. The number of benzene rings is 3. The molecule has 0 aromatic heterocycles. The molecule has 0 spiro atoms. The van der Waals surface area contributed by atoms with Crippen LogP contribution in [0.5, 0.6) is 11.5 Å². The molecule has 0 unspecified atom stereocenters. The molecule has 2 N–H and O–H groups in total. The molecular formula is C20H18N2O3. The number of carboxylic acid groups (broad SMARTS) is 1. The van der Waals surface area contributed by atoms with Gasteiger partial charge < -0.3 is 15.2 Å². The van der Waals surface area contributed by atoms with Crippen molar-refractivity contribution in [1.29, 1.82) is 0 Å². The summed E-state index contributed by atoms with van der Waals surface area (Å²) in [5.74, 6) is 2.58. The van der Waals surface area contributed by atoms with Gasteiger partial charge in [-0.15, -0.1) is 0 Å². The van der Waals surface area contributed by atoms with Crippen molar-refractivity contribution in [3.63, 3.8) is 0 Å². The zero-order valence-corrected chi connectivity index (χ0v) is 13.6. The Morgan fingerprint density at radius 1 is 1.00 bits per heavy atom. The molecule has 126 valence electrons. The molecule has 0 amide bonds. The largest absolute Gasteiger partial charge is 0.483 e. The molecule has 5 nitrogen and oxygen atoms in total. The van der Waals surface area contributed by atoms with Crippen molar-refractivity contribution in [2.45, 2.75) is 0 Å². The summed E-state index contributed by atoms with van der Waals surface area (Å²) in [4.78, 5) is 12.8. The summed E-state index contributed by atoms with van der Waals surface area (Å²) in [5.41, 5.74) is 1.01. The lowest BCUT2D eigenvalue weighted by molar-refractivity contribution is -0.122. The van der Waals surface area contributed by atoms with Crippen molar-refractivity contribution in [2.24, 2.45) is 4.99 Å². The summed E-state index contributed by atoms with van der Waals surface area (Å²) in [6.45, 7) is 1.46. The van der Waals surface area contributed by atoms with Crippen LogP contribution < -0.4 is 10.1 Å². The van der Waals surface area contributed by atoms with E-state index in [-0.39, 0.29) is 6.47 Å². The normalized spacial score (nSPS) is 12.6. The molecule has 3 aromatic rings. The van der Waals surface area contributed by atoms with Crippen LogP contribution in [-0.4, -0.2) is 30.5 Å². The lowest BCUT2D eigenvalue weighted by Crippen LogP contribution is -2.19. The minimum absolute atomic E-state index is 0.250. The van der Waals surface area contributed by atoms with Crippen LogP contribution in [-0.2, 0) is 4.79 Å². The highest BCUT2D eigenvalue weighted by Gasteiger charge is 2.13. The molecule has 0 atom stereocenters.